The van der Waals surface area contributed by atoms with E-state index in [0.29, 0.717) is 42.4 Å². The second-order valence-corrected chi connectivity index (χ2v) is 9.18. The molecule has 0 unspecified atom stereocenters. The molecule has 2 fully saturated rings. The maximum Gasteiger partial charge on any atom is 0.282 e. The predicted molar refractivity (Wildman–Crippen MR) is 124 cm³/mol. The standard InChI is InChI=1S/C24H24FN5O3S/c25-20-13-17(4-5-21(20)33-16-18-3-1-2-6-26-18)23(31)30-14-19(15-30)28-8-10-29(11-9-28)24(32)22-27-7-12-34-22/h1-7,12-13,19H,8-11,14-16H2. The van der Waals surface area contributed by atoms with Crippen LogP contribution in [0.2, 0.25) is 0 Å². The van der Waals surface area contributed by atoms with E-state index in [1.165, 1.54) is 23.5 Å². The zero-order valence-corrected chi connectivity index (χ0v) is 19.3. The number of likely N-dealkylation sites (tertiary alicyclic amines) is 1. The van der Waals surface area contributed by atoms with Gasteiger partial charge in [0.15, 0.2) is 16.6 Å². The number of rotatable bonds is 6. The fourth-order valence-electron chi connectivity index (χ4n) is 4.18. The van der Waals surface area contributed by atoms with Crippen LogP contribution in [-0.2, 0) is 6.61 Å². The van der Waals surface area contributed by atoms with Crippen molar-refractivity contribution in [2.24, 2.45) is 0 Å². The second-order valence-electron chi connectivity index (χ2n) is 8.28. The largest absolute Gasteiger partial charge is 0.484 e. The van der Waals surface area contributed by atoms with Gasteiger partial charge in [0.1, 0.15) is 6.61 Å². The fraction of sp³-hybridized carbons (Fsp3) is 0.333. The zero-order valence-electron chi connectivity index (χ0n) is 18.5. The number of thiazole rings is 1. The molecule has 4 heterocycles. The third-order valence-electron chi connectivity index (χ3n) is 6.16. The first-order chi connectivity index (χ1) is 16.6. The summed E-state index contributed by atoms with van der Waals surface area (Å²) in [4.78, 5) is 39.4. The number of aromatic nitrogens is 2. The monoisotopic (exact) mass is 481 g/mol. The minimum atomic E-state index is -0.570. The van der Waals surface area contributed by atoms with Crippen LogP contribution in [0.1, 0.15) is 25.9 Å². The van der Waals surface area contributed by atoms with Gasteiger partial charge in [0.25, 0.3) is 11.8 Å². The van der Waals surface area contributed by atoms with Crippen molar-refractivity contribution in [1.29, 1.82) is 0 Å². The van der Waals surface area contributed by atoms with Gasteiger partial charge < -0.3 is 14.5 Å². The number of amides is 2. The van der Waals surface area contributed by atoms with Crippen molar-refractivity contribution in [3.05, 3.63) is 76.3 Å². The zero-order chi connectivity index (χ0) is 23.5. The first kappa shape index (κ1) is 22.4. The molecule has 2 aliphatic heterocycles. The molecule has 2 aliphatic rings. The molecule has 0 atom stereocenters. The molecule has 0 spiro atoms. The van der Waals surface area contributed by atoms with Crippen LogP contribution in [0, 0.1) is 5.82 Å². The first-order valence-electron chi connectivity index (χ1n) is 11.1. The van der Waals surface area contributed by atoms with Gasteiger partial charge in [0.2, 0.25) is 0 Å². The summed E-state index contributed by atoms with van der Waals surface area (Å²) >= 11 is 1.35. The molecular weight excluding hydrogens is 457 g/mol. The highest BCUT2D eigenvalue weighted by Crippen LogP contribution is 2.24. The number of hydrogen-bond donors (Lipinski definition) is 0. The summed E-state index contributed by atoms with van der Waals surface area (Å²) < 4.78 is 20.0. The van der Waals surface area contributed by atoms with Crippen molar-refractivity contribution in [2.45, 2.75) is 12.6 Å². The van der Waals surface area contributed by atoms with E-state index in [-0.39, 0.29) is 30.2 Å². The van der Waals surface area contributed by atoms with Crippen molar-refractivity contribution < 1.29 is 18.7 Å². The number of ether oxygens (including phenoxy) is 1. The second kappa shape index (κ2) is 9.86. The van der Waals surface area contributed by atoms with E-state index >= 15 is 0 Å². The molecular formula is C24H24FN5O3S. The van der Waals surface area contributed by atoms with Crippen LogP contribution < -0.4 is 4.74 Å². The van der Waals surface area contributed by atoms with Gasteiger partial charge in [-0.05, 0) is 30.3 Å². The van der Waals surface area contributed by atoms with Crippen LogP contribution >= 0.6 is 11.3 Å². The average molecular weight is 482 g/mol. The molecule has 3 aromatic rings. The average Bonchev–Trinajstić information content (AvgIpc) is 3.38. The number of carbonyl (C=O) groups excluding carboxylic acids is 2. The Bertz CT molecular complexity index is 1150. The lowest BCUT2D eigenvalue weighted by Gasteiger charge is -2.48. The van der Waals surface area contributed by atoms with E-state index in [9.17, 15) is 14.0 Å². The van der Waals surface area contributed by atoms with Gasteiger partial charge in [0, 0.05) is 68.6 Å². The minimum Gasteiger partial charge on any atom is -0.484 e. The van der Waals surface area contributed by atoms with Crippen LogP contribution in [0.5, 0.6) is 5.75 Å². The van der Waals surface area contributed by atoms with Gasteiger partial charge in [0.05, 0.1) is 5.69 Å². The Kier molecular flexibility index (Phi) is 6.50. The number of hydrogen-bond acceptors (Lipinski definition) is 7. The third kappa shape index (κ3) is 4.78. The van der Waals surface area contributed by atoms with Crippen LogP contribution in [0.3, 0.4) is 0 Å². The summed E-state index contributed by atoms with van der Waals surface area (Å²) in [6.45, 7) is 4.17. The van der Waals surface area contributed by atoms with Crippen molar-refractivity contribution >= 4 is 23.2 Å². The summed E-state index contributed by atoms with van der Waals surface area (Å²) in [5, 5.41) is 2.33. The van der Waals surface area contributed by atoms with E-state index in [1.807, 2.05) is 11.0 Å². The molecule has 0 N–H and O–H groups in total. The molecule has 1 aromatic carbocycles. The molecule has 0 aliphatic carbocycles. The number of nitrogens with zero attached hydrogens (tertiary/aromatic N) is 5. The molecule has 0 radical (unpaired) electrons. The van der Waals surface area contributed by atoms with Crippen LogP contribution in [-0.4, -0.2) is 81.8 Å². The molecule has 0 bridgehead atoms. The fourth-order valence-corrected chi connectivity index (χ4v) is 4.78. The topological polar surface area (TPSA) is 78.9 Å². The molecule has 2 saturated heterocycles. The molecule has 34 heavy (non-hydrogen) atoms. The highest BCUT2D eigenvalue weighted by Gasteiger charge is 2.37. The highest BCUT2D eigenvalue weighted by atomic mass is 32.1. The van der Waals surface area contributed by atoms with Gasteiger partial charge >= 0.3 is 0 Å². The van der Waals surface area contributed by atoms with Gasteiger partial charge in [-0.3, -0.25) is 19.5 Å². The number of halogens is 1. The maximum absolute atomic E-state index is 14.5. The quantitative estimate of drug-likeness (QED) is 0.539. The SMILES string of the molecule is O=C(c1ccc(OCc2ccccn2)c(F)c1)N1CC(N2CCN(C(=O)c3nccs3)CC2)C1. The van der Waals surface area contributed by atoms with Gasteiger partial charge in [-0.1, -0.05) is 6.07 Å². The Morgan fingerprint density at radius 1 is 1.00 bits per heavy atom. The molecule has 176 valence electrons. The van der Waals surface area contributed by atoms with Crippen LogP contribution in [0.4, 0.5) is 4.39 Å². The maximum atomic E-state index is 14.5. The highest BCUT2D eigenvalue weighted by molar-refractivity contribution is 7.11. The molecule has 2 amide bonds. The molecule has 0 saturated carbocycles. The summed E-state index contributed by atoms with van der Waals surface area (Å²) in [6, 6.07) is 10.0. The van der Waals surface area contributed by atoms with Gasteiger partial charge in [-0.2, -0.15) is 0 Å². The van der Waals surface area contributed by atoms with E-state index in [4.69, 9.17) is 4.74 Å². The molecule has 5 rings (SSSR count). The Balaban J connectivity index is 1.10. The van der Waals surface area contributed by atoms with Crippen molar-refractivity contribution in [3.63, 3.8) is 0 Å². The molecule has 2 aromatic heterocycles. The number of carbonyl (C=O) groups is 2. The Morgan fingerprint density at radius 2 is 1.82 bits per heavy atom. The Hall–Kier alpha value is -3.37. The third-order valence-corrected chi connectivity index (χ3v) is 6.92. The van der Waals surface area contributed by atoms with E-state index in [1.54, 1.807) is 40.9 Å². The summed E-state index contributed by atoms with van der Waals surface area (Å²) in [7, 11) is 0. The van der Waals surface area contributed by atoms with Crippen molar-refractivity contribution in [1.82, 2.24) is 24.7 Å². The summed E-state index contributed by atoms with van der Waals surface area (Å²) in [5.41, 5.74) is 1.00. The first-order valence-corrected chi connectivity index (χ1v) is 12.0. The van der Waals surface area contributed by atoms with Crippen molar-refractivity contribution in [3.8, 4) is 5.75 Å². The number of benzene rings is 1. The summed E-state index contributed by atoms with van der Waals surface area (Å²) in [5.74, 6) is -0.688. The van der Waals surface area contributed by atoms with E-state index in [0.717, 1.165) is 13.1 Å². The Labute approximate surface area is 200 Å². The van der Waals surface area contributed by atoms with Crippen molar-refractivity contribution in [2.75, 3.05) is 39.3 Å². The van der Waals surface area contributed by atoms with E-state index < -0.39 is 5.82 Å². The minimum absolute atomic E-state index is 0.0189. The lowest BCUT2D eigenvalue weighted by Crippen LogP contribution is -2.64. The Morgan fingerprint density at radius 3 is 2.50 bits per heavy atom. The van der Waals surface area contributed by atoms with Gasteiger partial charge in [-0.25, -0.2) is 9.37 Å². The molecule has 8 nitrogen and oxygen atoms in total. The van der Waals surface area contributed by atoms with E-state index in [2.05, 4.69) is 14.9 Å². The van der Waals surface area contributed by atoms with Crippen LogP contribution in [0.15, 0.2) is 54.2 Å². The molecule has 10 heteroatoms. The smallest absolute Gasteiger partial charge is 0.282 e. The lowest BCUT2D eigenvalue weighted by atomic mass is 10.0. The number of piperazine rings is 1. The number of pyridine rings is 1. The van der Waals surface area contributed by atoms with Gasteiger partial charge in [-0.15, -0.1) is 11.3 Å². The van der Waals surface area contributed by atoms with Crippen LogP contribution in [0.25, 0.3) is 0 Å². The lowest BCUT2D eigenvalue weighted by molar-refractivity contribution is 0.00850. The predicted octanol–water partition coefficient (Wildman–Crippen LogP) is 2.54. The summed E-state index contributed by atoms with van der Waals surface area (Å²) in [6.07, 6.45) is 3.29. The normalized spacial score (nSPS) is 16.9.